The molecule has 0 aromatic carbocycles. The Morgan fingerprint density at radius 1 is 1.79 bits per heavy atom. The molecule has 1 aromatic rings. The Kier molecular flexibility index (Phi) is 4.06. The van der Waals surface area contributed by atoms with Gasteiger partial charge in [-0.2, -0.15) is 5.10 Å². The van der Waals surface area contributed by atoms with E-state index in [0.717, 1.165) is 6.42 Å². The molecule has 0 aliphatic carbocycles. The van der Waals surface area contributed by atoms with Gasteiger partial charge in [-0.3, -0.25) is 9.89 Å². The number of aliphatic hydroxyl groups is 1. The van der Waals surface area contributed by atoms with Crippen LogP contribution in [0.15, 0.2) is 6.33 Å². The third-order valence-electron chi connectivity index (χ3n) is 1.71. The SMILES string of the molecule is CC(O)CCCNC(=O)c1ncn[nH]1. The number of carbonyl (C=O) groups excluding carboxylic acids is 1. The highest BCUT2D eigenvalue weighted by molar-refractivity contribution is 5.90. The second-order valence-corrected chi connectivity index (χ2v) is 3.08. The molecule has 1 atom stereocenters. The molecule has 0 saturated heterocycles. The quantitative estimate of drug-likeness (QED) is 0.566. The minimum Gasteiger partial charge on any atom is -0.393 e. The zero-order valence-corrected chi connectivity index (χ0v) is 8.03. The third-order valence-corrected chi connectivity index (χ3v) is 1.71. The predicted octanol–water partition coefficient (Wildman–Crippen LogP) is -0.305. The molecule has 1 rings (SSSR count). The Hall–Kier alpha value is -1.43. The van der Waals surface area contributed by atoms with E-state index < -0.39 is 0 Å². The molecular formula is C8H14N4O2. The van der Waals surface area contributed by atoms with E-state index in [1.165, 1.54) is 6.33 Å². The molecule has 78 valence electrons. The van der Waals surface area contributed by atoms with E-state index in [1.54, 1.807) is 6.92 Å². The van der Waals surface area contributed by atoms with Gasteiger partial charge < -0.3 is 10.4 Å². The lowest BCUT2D eigenvalue weighted by Gasteiger charge is -2.04. The van der Waals surface area contributed by atoms with Gasteiger partial charge in [0.15, 0.2) is 0 Å². The Balaban J connectivity index is 2.16. The molecule has 1 unspecified atom stereocenters. The van der Waals surface area contributed by atoms with E-state index >= 15 is 0 Å². The van der Waals surface area contributed by atoms with Gasteiger partial charge in [-0.1, -0.05) is 0 Å². The first-order chi connectivity index (χ1) is 6.70. The van der Waals surface area contributed by atoms with Crippen molar-refractivity contribution in [3.05, 3.63) is 12.2 Å². The Morgan fingerprint density at radius 2 is 2.57 bits per heavy atom. The van der Waals surface area contributed by atoms with E-state index in [9.17, 15) is 4.79 Å². The molecule has 1 amide bonds. The fraction of sp³-hybridized carbons (Fsp3) is 0.625. The van der Waals surface area contributed by atoms with Crippen LogP contribution in [0.2, 0.25) is 0 Å². The maximum Gasteiger partial charge on any atom is 0.288 e. The van der Waals surface area contributed by atoms with Crippen LogP contribution in [0.3, 0.4) is 0 Å². The summed E-state index contributed by atoms with van der Waals surface area (Å²) in [4.78, 5) is 14.9. The second kappa shape index (κ2) is 5.33. The summed E-state index contributed by atoms with van der Waals surface area (Å²) < 4.78 is 0. The minimum absolute atomic E-state index is 0.210. The smallest absolute Gasteiger partial charge is 0.288 e. The van der Waals surface area contributed by atoms with Crippen LogP contribution in [0, 0.1) is 0 Å². The van der Waals surface area contributed by atoms with Crippen LogP contribution >= 0.6 is 0 Å². The molecule has 0 aliphatic rings. The Morgan fingerprint density at radius 3 is 3.14 bits per heavy atom. The molecule has 1 heterocycles. The number of amides is 1. The van der Waals surface area contributed by atoms with Crippen molar-refractivity contribution in [3.8, 4) is 0 Å². The highest BCUT2D eigenvalue weighted by Gasteiger charge is 2.06. The van der Waals surface area contributed by atoms with Crippen molar-refractivity contribution in [1.29, 1.82) is 0 Å². The van der Waals surface area contributed by atoms with Gasteiger partial charge >= 0.3 is 0 Å². The number of hydrogen-bond donors (Lipinski definition) is 3. The molecule has 0 saturated carbocycles. The van der Waals surface area contributed by atoms with Gasteiger partial charge in [0, 0.05) is 6.54 Å². The number of rotatable bonds is 5. The molecule has 6 heteroatoms. The van der Waals surface area contributed by atoms with Gasteiger partial charge in [0.05, 0.1) is 6.10 Å². The third kappa shape index (κ3) is 3.53. The first-order valence-electron chi connectivity index (χ1n) is 4.52. The highest BCUT2D eigenvalue weighted by atomic mass is 16.3. The average Bonchev–Trinajstić information content (AvgIpc) is 2.64. The first-order valence-corrected chi connectivity index (χ1v) is 4.52. The maximum atomic E-state index is 11.2. The monoisotopic (exact) mass is 198 g/mol. The van der Waals surface area contributed by atoms with E-state index in [-0.39, 0.29) is 17.8 Å². The number of H-pyrrole nitrogens is 1. The van der Waals surface area contributed by atoms with Crippen molar-refractivity contribution in [1.82, 2.24) is 20.5 Å². The molecule has 14 heavy (non-hydrogen) atoms. The summed E-state index contributed by atoms with van der Waals surface area (Å²) >= 11 is 0. The summed E-state index contributed by atoms with van der Waals surface area (Å²) in [5.74, 6) is -0.0601. The summed E-state index contributed by atoms with van der Waals surface area (Å²) in [6.07, 6.45) is 2.39. The number of nitrogens with one attached hydrogen (secondary N) is 2. The number of aliphatic hydroxyl groups excluding tert-OH is 1. The molecular weight excluding hydrogens is 184 g/mol. The van der Waals surface area contributed by atoms with Crippen LogP contribution < -0.4 is 5.32 Å². The standard InChI is InChI=1S/C8H14N4O2/c1-6(13)3-2-4-9-8(14)7-10-5-11-12-7/h5-6,13H,2-4H2,1H3,(H,9,14)(H,10,11,12). The summed E-state index contributed by atoms with van der Waals surface area (Å²) in [6, 6.07) is 0. The Bertz CT molecular complexity index is 271. The molecule has 3 N–H and O–H groups in total. The Labute approximate surface area is 81.7 Å². The van der Waals surface area contributed by atoms with E-state index in [2.05, 4.69) is 20.5 Å². The normalized spacial score (nSPS) is 12.4. The zero-order valence-electron chi connectivity index (χ0n) is 8.03. The average molecular weight is 198 g/mol. The summed E-state index contributed by atoms with van der Waals surface area (Å²) in [7, 11) is 0. The zero-order chi connectivity index (χ0) is 10.4. The predicted molar refractivity (Wildman–Crippen MR) is 49.6 cm³/mol. The van der Waals surface area contributed by atoms with Crippen LogP contribution in [0.4, 0.5) is 0 Å². The number of aromatic amines is 1. The van der Waals surface area contributed by atoms with Crippen molar-refractivity contribution in [2.24, 2.45) is 0 Å². The van der Waals surface area contributed by atoms with Crippen LogP contribution in [-0.2, 0) is 0 Å². The molecule has 0 bridgehead atoms. The largest absolute Gasteiger partial charge is 0.393 e. The van der Waals surface area contributed by atoms with Gasteiger partial charge in [-0.25, -0.2) is 4.98 Å². The maximum absolute atomic E-state index is 11.2. The molecule has 1 aromatic heterocycles. The van der Waals surface area contributed by atoms with Gasteiger partial charge in [0.1, 0.15) is 6.33 Å². The van der Waals surface area contributed by atoms with Crippen molar-refractivity contribution in [2.45, 2.75) is 25.9 Å². The lowest BCUT2D eigenvalue weighted by atomic mass is 10.2. The number of carbonyl (C=O) groups is 1. The van der Waals surface area contributed by atoms with Gasteiger partial charge in [0.2, 0.25) is 5.82 Å². The molecule has 0 spiro atoms. The fourth-order valence-electron chi connectivity index (χ4n) is 0.998. The van der Waals surface area contributed by atoms with E-state index in [1.807, 2.05) is 0 Å². The summed E-state index contributed by atoms with van der Waals surface area (Å²) in [5.41, 5.74) is 0. The van der Waals surface area contributed by atoms with Crippen LogP contribution in [-0.4, -0.2) is 38.8 Å². The topological polar surface area (TPSA) is 90.9 Å². The lowest BCUT2D eigenvalue weighted by molar-refractivity contribution is 0.0939. The first kappa shape index (κ1) is 10.6. The summed E-state index contributed by atoms with van der Waals surface area (Å²) in [5, 5.41) is 17.6. The molecule has 6 nitrogen and oxygen atoms in total. The molecule has 0 radical (unpaired) electrons. The van der Waals surface area contributed by atoms with Gasteiger partial charge in [0.25, 0.3) is 5.91 Å². The van der Waals surface area contributed by atoms with Crippen molar-refractivity contribution in [3.63, 3.8) is 0 Å². The fourth-order valence-corrected chi connectivity index (χ4v) is 0.998. The minimum atomic E-state index is -0.322. The number of hydrogen-bond acceptors (Lipinski definition) is 4. The highest BCUT2D eigenvalue weighted by Crippen LogP contribution is 1.94. The number of aromatic nitrogens is 3. The van der Waals surface area contributed by atoms with Crippen LogP contribution in [0.1, 0.15) is 30.4 Å². The van der Waals surface area contributed by atoms with Crippen LogP contribution in [0.5, 0.6) is 0 Å². The van der Waals surface area contributed by atoms with Gasteiger partial charge in [-0.05, 0) is 19.8 Å². The molecule has 0 aliphatic heterocycles. The molecule has 0 fully saturated rings. The van der Waals surface area contributed by atoms with Crippen molar-refractivity contribution < 1.29 is 9.90 Å². The lowest BCUT2D eigenvalue weighted by Crippen LogP contribution is -2.26. The second-order valence-electron chi connectivity index (χ2n) is 3.08. The van der Waals surface area contributed by atoms with E-state index in [0.29, 0.717) is 13.0 Å². The van der Waals surface area contributed by atoms with Crippen molar-refractivity contribution >= 4 is 5.91 Å². The van der Waals surface area contributed by atoms with Crippen LogP contribution in [0.25, 0.3) is 0 Å². The number of nitrogens with zero attached hydrogens (tertiary/aromatic N) is 2. The summed E-state index contributed by atoms with van der Waals surface area (Å²) in [6.45, 7) is 2.25. The van der Waals surface area contributed by atoms with Crippen molar-refractivity contribution in [2.75, 3.05) is 6.54 Å². The van der Waals surface area contributed by atoms with E-state index in [4.69, 9.17) is 5.11 Å². The van der Waals surface area contributed by atoms with Gasteiger partial charge in [-0.15, -0.1) is 0 Å².